The first-order chi connectivity index (χ1) is 14.4. The first kappa shape index (κ1) is 19.9. The van der Waals surface area contributed by atoms with Crippen LogP contribution in [-0.4, -0.2) is 18.4 Å². The summed E-state index contributed by atoms with van der Waals surface area (Å²) in [6, 6.07) is 19.2. The fraction of sp³-hybridized carbons (Fsp3) is 0.231. The summed E-state index contributed by atoms with van der Waals surface area (Å²) in [5, 5.41) is 3.02. The van der Waals surface area contributed by atoms with Crippen LogP contribution in [-0.2, 0) is 6.42 Å². The lowest BCUT2D eigenvalue weighted by Gasteiger charge is -2.30. The number of fused-ring (bicyclic) bond motifs is 1. The van der Waals surface area contributed by atoms with Crippen molar-refractivity contribution in [2.75, 3.05) is 16.8 Å². The molecule has 3 aromatic rings. The number of aryl methyl sites for hydroxylation is 3. The zero-order valence-corrected chi connectivity index (χ0v) is 17.7. The minimum atomic E-state index is -0.131. The van der Waals surface area contributed by atoms with Crippen LogP contribution in [0.4, 0.5) is 11.4 Å². The third kappa shape index (κ3) is 3.86. The van der Waals surface area contributed by atoms with Crippen molar-refractivity contribution >= 4 is 23.2 Å². The van der Waals surface area contributed by atoms with Gasteiger partial charge in [-0.05, 0) is 86.7 Å². The van der Waals surface area contributed by atoms with E-state index < -0.39 is 0 Å². The minimum absolute atomic E-state index is 0.00328. The van der Waals surface area contributed by atoms with Crippen LogP contribution in [0.5, 0.6) is 0 Å². The summed E-state index contributed by atoms with van der Waals surface area (Å²) >= 11 is 0. The molecule has 0 bridgehead atoms. The van der Waals surface area contributed by atoms with Crippen molar-refractivity contribution in [3.8, 4) is 0 Å². The van der Waals surface area contributed by atoms with Gasteiger partial charge < -0.3 is 10.2 Å². The van der Waals surface area contributed by atoms with Crippen molar-refractivity contribution in [1.82, 2.24) is 0 Å². The molecule has 0 radical (unpaired) electrons. The van der Waals surface area contributed by atoms with Crippen LogP contribution >= 0.6 is 0 Å². The zero-order valence-electron chi connectivity index (χ0n) is 17.7. The highest BCUT2D eigenvalue weighted by molar-refractivity contribution is 6.08. The van der Waals surface area contributed by atoms with Crippen LogP contribution < -0.4 is 10.2 Å². The molecule has 0 fully saturated rings. The van der Waals surface area contributed by atoms with E-state index in [9.17, 15) is 9.59 Å². The third-order valence-corrected chi connectivity index (χ3v) is 5.86. The van der Waals surface area contributed by atoms with E-state index in [-0.39, 0.29) is 11.8 Å². The van der Waals surface area contributed by atoms with Gasteiger partial charge in [-0.3, -0.25) is 9.59 Å². The second-order valence-electron chi connectivity index (χ2n) is 7.97. The van der Waals surface area contributed by atoms with Gasteiger partial charge in [0.15, 0.2) is 0 Å². The molecule has 30 heavy (non-hydrogen) atoms. The van der Waals surface area contributed by atoms with Gasteiger partial charge in [-0.2, -0.15) is 0 Å². The van der Waals surface area contributed by atoms with Crippen molar-refractivity contribution < 1.29 is 9.59 Å². The molecule has 4 nitrogen and oxygen atoms in total. The Kier molecular flexibility index (Phi) is 5.40. The number of benzene rings is 3. The van der Waals surface area contributed by atoms with Gasteiger partial charge in [0.2, 0.25) is 0 Å². The molecule has 0 spiro atoms. The minimum Gasteiger partial charge on any atom is -0.322 e. The molecule has 0 aromatic heterocycles. The molecule has 0 saturated carbocycles. The largest absolute Gasteiger partial charge is 0.322 e. The Bertz CT molecular complexity index is 1120. The lowest BCUT2D eigenvalue weighted by Crippen LogP contribution is -2.35. The van der Waals surface area contributed by atoms with Crippen molar-refractivity contribution in [2.45, 2.75) is 33.6 Å². The predicted molar refractivity (Wildman–Crippen MR) is 121 cm³/mol. The van der Waals surface area contributed by atoms with E-state index in [1.807, 2.05) is 80.3 Å². The summed E-state index contributed by atoms with van der Waals surface area (Å²) < 4.78 is 0. The average molecular weight is 399 g/mol. The molecule has 1 N–H and O–H groups in total. The Balaban J connectivity index is 1.58. The molecule has 0 atom stereocenters. The number of hydrogen-bond donors (Lipinski definition) is 1. The molecule has 1 heterocycles. The van der Waals surface area contributed by atoms with Gasteiger partial charge in [0.1, 0.15) is 0 Å². The highest BCUT2D eigenvalue weighted by atomic mass is 16.2. The third-order valence-electron chi connectivity index (χ3n) is 5.86. The number of anilines is 2. The number of amides is 2. The number of rotatable bonds is 3. The normalized spacial score (nSPS) is 13.0. The summed E-state index contributed by atoms with van der Waals surface area (Å²) in [6.45, 7) is 6.74. The van der Waals surface area contributed by atoms with E-state index >= 15 is 0 Å². The summed E-state index contributed by atoms with van der Waals surface area (Å²) in [7, 11) is 0. The zero-order chi connectivity index (χ0) is 21.3. The van der Waals surface area contributed by atoms with Gasteiger partial charge in [0.25, 0.3) is 11.8 Å². The summed E-state index contributed by atoms with van der Waals surface area (Å²) in [5.74, 6) is -0.128. The standard InChI is InChI=1S/C26H26N2O2/c1-17-9-11-20(12-10-17)26(30)28-15-5-7-21-16-22(13-14-24(21)28)25(29)27-23-8-4-6-18(2)19(23)3/h4,6,8-14,16H,5,7,15H2,1-3H3,(H,27,29). The topological polar surface area (TPSA) is 49.4 Å². The van der Waals surface area contributed by atoms with E-state index in [2.05, 4.69) is 5.32 Å². The van der Waals surface area contributed by atoms with Gasteiger partial charge in [-0.1, -0.05) is 29.8 Å². The molecular weight excluding hydrogens is 372 g/mol. The summed E-state index contributed by atoms with van der Waals surface area (Å²) in [6.07, 6.45) is 1.74. The number of carbonyl (C=O) groups excluding carboxylic acids is 2. The van der Waals surface area contributed by atoms with Gasteiger partial charge in [-0.15, -0.1) is 0 Å². The van der Waals surface area contributed by atoms with Gasteiger partial charge in [-0.25, -0.2) is 0 Å². The molecule has 2 amide bonds. The first-order valence-electron chi connectivity index (χ1n) is 10.3. The van der Waals surface area contributed by atoms with Gasteiger partial charge in [0.05, 0.1) is 0 Å². The Morgan fingerprint density at radius 3 is 2.40 bits per heavy atom. The maximum absolute atomic E-state index is 13.0. The lowest BCUT2D eigenvalue weighted by molar-refractivity contribution is 0.0984. The molecule has 152 valence electrons. The second kappa shape index (κ2) is 8.15. The van der Waals surface area contributed by atoms with E-state index in [4.69, 9.17) is 0 Å². The van der Waals surface area contributed by atoms with Crippen LogP contribution in [0.1, 0.15) is 49.4 Å². The first-order valence-corrected chi connectivity index (χ1v) is 10.3. The molecule has 1 aliphatic rings. The van der Waals surface area contributed by atoms with Crippen molar-refractivity contribution in [3.05, 3.63) is 94.0 Å². The monoisotopic (exact) mass is 398 g/mol. The molecule has 0 saturated heterocycles. The van der Waals surface area contributed by atoms with Crippen LogP contribution in [0, 0.1) is 20.8 Å². The number of hydrogen-bond acceptors (Lipinski definition) is 2. The van der Waals surface area contributed by atoms with E-state index in [1.165, 1.54) is 0 Å². The SMILES string of the molecule is Cc1ccc(C(=O)N2CCCc3cc(C(=O)Nc4cccc(C)c4C)ccc32)cc1. The summed E-state index contributed by atoms with van der Waals surface area (Å²) in [5.41, 5.74) is 7.40. The molecule has 1 aliphatic heterocycles. The van der Waals surface area contributed by atoms with E-state index in [0.29, 0.717) is 17.7 Å². The van der Waals surface area contributed by atoms with Crippen LogP contribution in [0.15, 0.2) is 60.7 Å². The maximum atomic E-state index is 13.0. The maximum Gasteiger partial charge on any atom is 0.258 e. The Morgan fingerprint density at radius 1 is 0.900 bits per heavy atom. The predicted octanol–water partition coefficient (Wildman–Crippen LogP) is 5.46. The quantitative estimate of drug-likeness (QED) is 0.637. The van der Waals surface area contributed by atoms with E-state index in [0.717, 1.165) is 46.5 Å². The number of nitrogens with one attached hydrogen (secondary N) is 1. The van der Waals surface area contributed by atoms with Crippen LogP contribution in [0.2, 0.25) is 0 Å². The van der Waals surface area contributed by atoms with Crippen molar-refractivity contribution in [1.29, 1.82) is 0 Å². The Morgan fingerprint density at radius 2 is 1.63 bits per heavy atom. The van der Waals surface area contributed by atoms with Crippen molar-refractivity contribution in [3.63, 3.8) is 0 Å². The fourth-order valence-corrected chi connectivity index (χ4v) is 3.88. The fourth-order valence-electron chi connectivity index (χ4n) is 3.88. The van der Waals surface area contributed by atoms with Gasteiger partial charge in [0, 0.05) is 29.0 Å². The molecule has 0 unspecified atom stereocenters. The highest BCUT2D eigenvalue weighted by Gasteiger charge is 2.24. The molecule has 3 aromatic carbocycles. The lowest BCUT2D eigenvalue weighted by atomic mass is 9.98. The Hall–Kier alpha value is -3.40. The Labute approximate surface area is 177 Å². The highest BCUT2D eigenvalue weighted by Crippen LogP contribution is 2.30. The van der Waals surface area contributed by atoms with Crippen molar-refractivity contribution in [2.24, 2.45) is 0 Å². The number of nitrogens with zero attached hydrogens (tertiary/aromatic N) is 1. The van der Waals surface area contributed by atoms with Gasteiger partial charge >= 0.3 is 0 Å². The smallest absolute Gasteiger partial charge is 0.258 e. The average Bonchev–Trinajstić information content (AvgIpc) is 2.76. The molecular formula is C26H26N2O2. The number of carbonyl (C=O) groups is 2. The van der Waals surface area contributed by atoms with E-state index in [1.54, 1.807) is 6.07 Å². The molecule has 4 heteroatoms. The van der Waals surface area contributed by atoms with Crippen LogP contribution in [0.3, 0.4) is 0 Å². The second-order valence-corrected chi connectivity index (χ2v) is 7.97. The summed E-state index contributed by atoms with van der Waals surface area (Å²) in [4.78, 5) is 27.7. The van der Waals surface area contributed by atoms with Crippen LogP contribution in [0.25, 0.3) is 0 Å². The molecule has 4 rings (SSSR count). The molecule has 0 aliphatic carbocycles.